The molecule has 1 aliphatic heterocycles. The summed E-state index contributed by atoms with van der Waals surface area (Å²) in [6, 6.07) is 16.2. The van der Waals surface area contributed by atoms with Crippen LogP contribution in [-0.4, -0.2) is 66.5 Å². The van der Waals surface area contributed by atoms with E-state index in [9.17, 15) is 14.8 Å². The molecule has 1 N–H and O–H groups in total. The number of fused-ring (bicyclic) bond motifs is 1. The fourth-order valence-corrected chi connectivity index (χ4v) is 6.69. The van der Waals surface area contributed by atoms with Crippen LogP contribution in [0.25, 0.3) is 10.9 Å². The van der Waals surface area contributed by atoms with Crippen molar-refractivity contribution in [2.24, 2.45) is 0 Å². The van der Waals surface area contributed by atoms with Gasteiger partial charge in [0.2, 0.25) is 0 Å². The molecule has 2 aromatic heterocycles. The van der Waals surface area contributed by atoms with Gasteiger partial charge in [0.15, 0.2) is 0 Å². The van der Waals surface area contributed by atoms with E-state index in [0.717, 1.165) is 34.2 Å². The Morgan fingerprint density at radius 3 is 2.49 bits per heavy atom. The second kappa shape index (κ2) is 12.9. The molecule has 232 valence electrons. The predicted octanol–water partition coefficient (Wildman–Crippen LogP) is 5.83. The van der Waals surface area contributed by atoms with Crippen molar-refractivity contribution in [2.75, 3.05) is 26.2 Å². The normalized spacial score (nSPS) is 16.5. The molecule has 0 spiro atoms. The number of aromatic nitrogens is 4. The first kappa shape index (κ1) is 31.1. The van der Waals surface area contributed by atoms with Crippen LogP contribution in [0.4, 0.5) is 8.78 Å². The minimum atomic E-state index is -1.70. The van der Waals surface area contributed by atoms with Gasteiger partial charge in [-0.3, -0.25) is 9.80 Å². The maximum Gasteiger partial charge on any atom is 0.137 e. The topological polar surface area (TPSA) is 86.1 Å². The Morgan fingerprint density at radius 2 is 1.80 bits per heavy atom. The SMILES string of the molecule is C[C@@H](N1CCN(Cc2cn(Cc3ccc(Cl)cc3Cl)c3ccc(C#N)cc23)CC1)[C@](O)(Cn1cncn1)c1ccc(F)cc1F. The van der Waals surface area contributed by atoms with E-state index >= 15 is 4.39 Å². The number of benzene rings is 3. The smallest absolute Gasteiger partial charge is 0.137 e. The molecule has 5 aromatic rings. The van der Waals surface area contributed by atoms with Crippen molar-refractivity contribution in [3.05, 3.63) is 117 Å². The van der Waals surface area contributed by atoms with Crippen molar-refractivity contribution in [2.45, 2.75) is 38.2 Å². The average Bonchev–Trinajstić information content (AvgIpc) is 3.65. The lowest BCUT2D eigenvalue weighted by Crippen LogP contribution is -2.57. The van der Waals surface area contributed by atoms with Gasteiger partial charge in [0.05, 0.1) is 18.2 Å². The van der Waals surface area contributed by atoms with E-state index in [2.05, 4.69) is 36.7 Å². The highest BCUT2D eigenvalue weighted by atomic mass is 35.5. The van der Waals surface area contributed by atoms with Gasteiger partial charge in [0.1, 0.15) is 29.9 Å². The standard InChI is InChI=1S/C33H31Cl2F2N7O/c1-22(33(45,19-44-21-39-20-40-44)29-6-5-27(36)14-31(29)37)42-10-8-41(9-11-42)16-25-18-43(17-24-3-4-26(34)13-30(24)35)32-7-2-23(15-38)12-28(25)32/h2-7,12-14,18,20-22,45H,8-11,16-17,19H2,1H3/t22-,33-/m1/s1. The first-order chi connectivity index (χ1) is 21.6. The Kier molecular flexibility index (Phi) is 8.91. The maximum atomic E-state index is 15.1. The Hall–Kier alpha value is -3.85. The average molecular weight is 651 g/mol. The largest absolute Gasteiger partial charge is 0.381 e. The van der Waals surface area contributed by atoms with E-state index in [0.29, 0.717) is 54.9 Å². The molecule has 0 radical (unpaired) electrons. The van der Waals surface area contributed by atoms with Crippen molar-refractivity contribution < 1.29 is 13.9 Å². The summed E-state index contributed by atoms with van der Waals surface area (Å²) in [7, 11) is 0. The molecule has 3 aromatic carbocycles. The van der Waals surface area contributed by atoms with Gasteiger partial charge in [-0.2, -0.15) is 10.4 Å². The summed E-state index contributed by atoms with van der Waals surface area (Å²) in [6.45, 7) is 5.65. The van der Waals surface area contributed by atoms with Gasteiger partial charge in [-0.05, 0) is 54.4 Å². The van der Waals surface area contributed by atoms with Crippen LogP contribution in [0.5, 0.6) is 0 Å². The molecule has 3 heterocycles. The molecule has 1 fully saturated rings. The molecular weight excluding hydrogens is 619 g/mol. The van der Waals surface area contributed by atoms with E-state index in [-0.39, 0.29) is 12.1 Å². The Labute approximate surface area is 269 Å². The molecule has 6 rings (SSSR count). The minimum absolute atomic E-state index is 0.0104. The molecule has 12 heteroatoms. The Morgan fingerprint density at radius 1 is 1.00 bits per heavy atom. The first-order valence-electron chi connectivity index (χ1n) is 14.6. The van der Waals surface area contributed by atoms with Crippen LogP contribution in [0.3, 0.4) is 0 Å². The number of hydrogen-bond acceptors (Lipinski definition) is 6. The summed E-state index contributed by atoms with van der Waals surface area (Å²) in [5, 5.41) is 27.9. The number of nitrogens with zero attached hydrogens (tertiary/aromatic N) is 7. The van der Waals surface area contributed by atoms with Crippen LogP contribution in [0.2, 0.25) is 10.0 Å². The fraction of sp³-hybridized carbons (Fsp3) is 0.303. The fourth-order valence-electron chi connectivity index (χ4n) is 6.23. The molecule has 1 aliphatic rings. The zero-order chi connectivity index (χ0) is 31.7. The second-order valence-corrected chi connectivity index (χ2v) is 12.3. The number of hydrogen-bond donors (Lipinski definition) is 1. The third-order valence-electron chi connectivity index (χ3n) is 8.76. The summed E-state index contributed by atoms with van der Waals surface area (Å²) in [5.41, 5.74) is 1.93. The highest BCUT2D eigenvalue weighted by Gasteiger charge is 2.42. The van der Waals surface area contributed by atoms with Gasteiger partial charge in [-0.15, -0.1) is 0 Å². The molecule has 2 atom stereocenters. The zero-order valence-electron chi connectivity index (χ0n) is 24.5. The van der Waals surface area contributed by atoms with E-state index in [4.69, 9.17) is 23.2 Å². The van der Waals surface area contributed by atoms with Crippen molar-refractivity contribution in [1.82, 2.24) is 29.1 Å². The second-order valence-electron chi connectivity index (χ2n) is 11.5. The summed E-state index contributed by atoms with van der Waals surface area (Å²) in [6.07, 6.45) is 4.93. The first-order valence-corrected chi connectivity index (χ1v) is 15.3. The van der Waals surface area contributed by atoms with Gasteiger partial charge in [-0.1, -0.05) is 35.3 Å². The van der Waals surface area contributed by atoms with Crippen molar-refractivity contribution in [3.8, 4) is 6.07 Å². The van der Waals surface area contributed by atoms with E-state index in [1.165, 1.54) is 23.4 Å². The molecule has 0 bridgehead atoms. The number of aliphatic hydroxyl groups is 1. The number of piperazine rings is 1. The van der Waals surface area contributed by atoms with Crippen LogP contribution >= 0.6 is 23.2 Å². The highest BCUT2D eigenvalue weighted by molar-refractivity contribution is 6.35. The van der Waals surface area contributed by atoms with Gasteiger partial charge >= 0.3 is 0 Å². The van der Waals surface area contributed by atoms with Crippen LogP contribution in [0.15, 0.2) is 73.4 Å². The van der Waals surface area contributed by atoms with Crippen molar-refractivity contribution in [1.29, 1.82) is 5.26 Å². The third-order valence-corrected chi connectivity index (χ3v) is 9.34. The van der Waals surface area contributed by atoms with Gasteiger partial charge in [0, 0.05) is 84.1 Å². The maximum absolute atomic E-state index is 15.1. The third kappa shape index (κ3) is 6.45. The molecule has 1 saturated heterocycles. The van der Waals surface area contributed by atoms with Gasteiger partial charge in [-0.25, -0.2) is 18.4 Å². The van der Waals surface area contributed by atoms with E-state index < -0.39 is 23.3 Å². The number of nitriles is 1. The number of halogens is 4. The summed E-state index contributed by atoms with van der Waals surface area (Å²) in [5.74, 6) is -1.52. The van der Waals surface area contributed by atoms with Crippen molar-refractivity contribution in [3.63, 3.8) is 0 Å². The molecular formula is C33H31Cl2F2N7O. The molecule has 45 heavy (non-hydrogen) atoms. The monoisotopic (exact) mass is 649 g/mol. The van der Waals surface area contributed by atoms with Crippen LogP contribution < -0.4 is 0 Å². The lowest BCUT2D eigenvalue weighted by molar-refractivity contribution is -0.0743. The molecule has 0 saturated carbocycles. The molecule has 0 amide bonds. The summed E-state index contributed by atoms with van der Waals surface area (Å²) in [4.78, 5) is 8.40. The molecule has 0 unspecified atom stereocenters. The van der Waals surface area contributed by atoms with Crippen LogP contribution in [-0.2, 0) is 25.2 Å². The summed E-state index contributed by atoms with van der Waals surface area (Å²) >= 11 is 12.6. The molecule has 8 nitrogen and oxygen atoms in total. The van der Waals surface area contributed by atoms with Gasteiger partial charge in [0.25, 0.3) is 0 Å². The van der Waals surface area contributed by atoms with Gasteiger partial charge < -0.3 is 9.67 Å². The van der Waals surface area contributed by atoms with E-state index in [1.807, 2.05) is 37.3 Å². The Bertz CT molecular complexity index is 1870. The van der Waals surface area contributed by atoms with Crippen molar-refractivity contribution >= 4 is 34.1 Å². The predicted molar refractivity (Wildman–Crippen MR) is 169 cm³/mol. The zero-order valence-corrected chi connectivity index (χ0v) is 26.1. The minimum Gasteiger partial charge on any atom is -0.381 e. The lowest BCUT2D eigenvalue weighted by Gasteiger charge is -2.45. The summed E-state index contributed by atoms with van der Waals surface area (Å²) < 4.78 is 32.4. The number of rotatable bonds is 9. The van der Waals surface area contributed by atoms with Crippen LogP contribution in [0, 0.1) is 23.0 Å². The Balaban J connectivity index is 1.21. The molecule has 0 aliphatic carbocycles. The quantitative estimate of drug-likeness (QED) is 0.216. The van der Waals surface area contributed by atoms with E-state index in [1.54, 1.807) is 6.07 Å². The highest BCUT2D eigenvalue weighted by Crippen LogP contribution is 2.34. The van der Waals surface area contributed by atoms with Crippen LogP contribution in [0.1, 0.15) is 29.2 Å². The lowest BCUT2D eigenvalue weighted by atomic mass is 9.85.